The first-order valence-corrected chi connectivity index (χ1v) is 13.6. The number of rotatable bonds is 11. The van der Waals surface area contributed by atoms with E-state index in [4.69, 9.17) is 14.6 Å². The summed E-state index contributed by atoms with van der Waals surface area (Å²) in [5.41, 5.74) is 5.19. The van der Waals surface area contributed by atoms with Gasteiger partial charge in [-0.25, -0.2) is 0 Å². The van der Waals surface area contributed by atoms with E-state index in [-0.39, 0.29) is 12.1 Å². The third-order valence-electron chi connectivity index (χ3n) is 7.20. The Balaban J connectivity index is 1.74. The number of hydrogen-bond acceptors (Lipinski definition) is 4. The van der Waals surface area contributed by atoms with Crippen LogP contribution in [0.15, 0.2) is 24.3 Å². The smallest absolute Gasteiger partial charge is 0.305 e. The summed E-state index contributed by atoms with van der Waals surface area (Å²) in [6.07, 6.45) is 7.21. The van der Waals surface area contributed by atoms with Gasteiger partial charge in [-0.05, 0) is 109 Å². The van der Waals surface area contributed by atoms with Gasteiger partial charge in [-0.1, -0.05) is 19.1 Å². The van der Waals surface area contributed by atoms with Gasteiger partial charge in [0.25, 0.3) is 0 Å². The van der Waals surface area contributed by atoms with Gasteiger partial charge in [-0.3, -0.25) is 9.48 Å². The fourth-order valence-electron chi connectivity index (χ4n) is 5.80. The quantitative estimate of drug-likeness (QED) is 0.321. The van der Waals surface area contributed by atoms with Gasteiger partial charge in [-0.2, -0.15) is 5.10 Å². The van der Waals surface area contributed by atoms with Gasteiger partial charge in [-0.15, -0.1) is 0 Å². The molecule has 0 amide bonds. The lowest BCUT2D eigenvalue weighted by Crippen LogP contribution is -2.24. The lowest BCUT2D eigenvalue weighted by Gasteiger charge is -2.33. The lowest BCUT2D eigenvalue weighted by atomic mass is 9.72. The zero-order chi connectivity index (χ0) is 25.5. The molecule has 3 atom stereocenters. The minimum atomic E-state index is -0.0549. The van der Waals surface area contributed by atoms with Crippen LogP contribution in [0.4, 0.5) is 0 Å². The summed E-state index contributed by atoms with van der Waals surface area (Å²) in [4.78, 5) is 11.9. The molecule has 0 bridgehead atoms. The van der Waals surface area contributed by atoms with Gasteiger partial charge in [0.05, 0.1) is 18.4 Å². The van der Waals surface area contributed by atoms with Gasteiger partial charge >= 0.3 is 5.97 Å². The maximum Gasteiger partial charge on any atom is 0.305 e. The van der Waals surface area contributed by atoms with Gasteiger partial charge in [0, 0.05) is 30.1 Å². The van der Waals surface area contributed by atoms with Crippen molar-refractivity contribution >= 4 is 5.97 Å². The SMILES string of the molecule is CCOC(=O)CC[C@@H]1C[C@H](C)C[C@H](Cc2nn(C(C)C)c(C)c2Cc2ccc(OC(C)C)cc2)C1. The summed E-state index contributed by atoms with van der Waals surface area (Å²) >= 11 is 0. The first-order chi connectivity index (χ1) is 16.7. The van der Waals surface area contributed by atoms with Gasteiger partial charge in [0.1, 0.15) is 5.75 Å². The summed E-state index contributed by atoms with van der Waals surface area (Å²) in [6.45, 7) is 15.4. The molecule has 1 aromatic heterocycles. The van der Waals surface area contributed by atoms with Crippen molar-refractivity contribution in [2.24, 2.45) is 17.8 Å². The molecule has 5 nitrogen and oxygen atoms in total. The first-order valence-electron chi connectivity index (χ1n) is 13.6. The van der Waals surface area contributed by atoms with Gasteiger partial charge in [0.2, 0.25) is 0 Å². The summed E-state index contributed by atoms with van der Waals surface area (Å²) in [6, 6.07) is 8.86. The molecule has 1 aliphatic rings. The Kier molecular flexibility index (Phi) is 9.82. The third kappa shape index (κ3) is 7.85. The highest BCUT2D eigenvalue weighted by Crippen LogP contribution is 2.38. The maximum absolute atomic E-state index is 11.9. The Labute approximate surface area is 212 Å². The summed E-state index contributed by atoms with van der Waals surface area (Å²) < 4.78 is 13.2. The van der Waals surface area contributed by atoms with E-state index in [1.54, 1.807) is 0 Å². The predicted molar refractivity (Wildman–Crippen MR) is 142 cm³/mol. The van der Waals surface area contributed by atoms with Crippen molar-refractivity contribution in [1.29, 1.82) is 0 Å². The van der Waals surface area contributed by atoms with Crippen molar-refractivity contribution in [3.8, 4) is 5.75 Å². The average Bonchev–Trinajstić information content (AvgIpc) is 3.08. The molecule has 0 radical (unpaired) electrons. The molecule has 5 heteroatoms. The highest BCUT2D eigenvalue weighted by atomic mass is 16.5. The molecule has 1 saturated carbocycles. The van der Waals surface area contributed by atoms with Crippen LogP contribution in [0.3, 0.4) is 0 Å². The van der Waals surface area contributed by atoms with E-state index >= 15 is 0 Å². The molecule has 0 aliphatic heterocycles. The molecule has 194 valence electrons. The van der Waals surface area contributed by atoms with E-state index in [1.807, 2.05) is 6.92 Å². The molecule has 1 heterocycles. The van der Waals surface area contributed by atoms with Crippen molar-refractivity contribution in [2.45, 2.75) is 106 Å². The fourth-order valence-corrected chi connectivity index (χ4v) is 5.80. The molecular formula is C30H46N2O3. The lowest BCUT2D eigenvalue weighted by molar-refractivity contribution is -0.143. The van der Waals surface area contributed by atoms with Gasteiger partial charge < -0.3 is 9.47 Å². The molecular weight excluding hydrogens is 436 g/mol. The van der Waals surface area contributed by atoms with Crippen LogP contribution in [-0.4, -0.2) is 28.5 Å². The van der Waals surface area contributed by atoms with E-state index in [0.717, 1.165) is 25.0 Å². The molecule has 1 aliphatic carbocycles. The van der Waals surface area contributed by atoms with Crippen LogP contribution in [0.2, 0.25) is 0 Å². The number of carbonyl (C=O) groups is 1. The zero-order valence-electron chi connectivity index (χ0n) is 23.0. The minimum absolute atomic E-state index is 0.0549. The highest BCUT2D eigenvalue weighted by molar-refractivity contribution is 5.69. The Morgan fingerprint density at radius 3 is 2.40 bits per heavy atom. The molecule has 35 heavy (non-hydrogen) atoms. The van der Waals surface area contributed by atoms with Gasteiger partial charge in [0.15, 0.2) is 0 Å². The van der Waals surface area contributed by atoms with E-state index in [9.17, 15) is 4.79 Å². The molecule has 0 spiro atoms. The molecule has 1 fully saturated rings. The van der Waals surface area contributed by atoms with Crippen molar-refractivity contribution in [3.05, 3.63) is 46.8 Å². The number of hydrogen-bond donors (Lipinski definition) is 0. The number of carbonyl (C=O) groups excluding carboxylic acids is 1. The molecule has 3 rings (SSSR count). The van der Waals surface area contributed by atoms with E-state index in [1.165, 1.54) is 41.8 Å². The van der Waals surface area contributed by atoms with Crippen LogP contribution < -0.4 is 4.74 Å². The fraction of sp³-hybridized carbons (Fsp3) is 0.667. The second-order valence-corrected chi connectivity index (χ2v) is 11.1. The van der Waals surface area contributed by atoms with Crippen molar-refractivity contribution < 1.29 is 14.3 Å². The van der Waals surface area contributed by atoms with Crippen LogP contribution in [-0.2, 0) is 22.4 Å². The second-order valence-electron chi connectivity index (χ2n) is 11.1. The van der Waals surface area contributed by atoms with Crippen LogP contribution in [0.1, 0.15) is 102 Å². The van der Waals surface area contributed by atoms with Crippen molar-refractivity contribution in [2.75, 3.05) is 6.61 Å². The molecule has 2 aromatic rings. The normalized spacial score (nSPS) is 20.4. The minimum Gasteiger partial charge on any atom is -0.491 e. The van der Waals surface area contributed by atoms with Crippen molar-refractivity contribution in [3.63, 3.8) is 0 Å². The number of ether oxygens (including phenoxy) is 2. The monoisotopic (exact) mass is 482 g/mol. The zero-order valence-corrected chi connectivity index (χ0v) is 23.0. The number of aromatic nitrogens is 2. The number of nitrogens with zero attached hydrogens (tertiary/aromatic N) is 2. The van der Waals surface area contributed by atoms with Crippen molar-refractivity contribution in [1.82, 2.24) is 9.78 Å². The number of benzene rings is 1. The van der Waals surface area contributed by atoms with Crippen LogP contribution >= 0.6 is 0 Å². The maximum atomic E-state index is 11.9. The third-order valence-corrected chi connectivity index (χ3v) is 7.20. The molecule has 1 aromatic carbocycles. The summed E-state index contributed by atoms with van der Waals surface area (Å²) in [5.74, 6) is 2.76. The van der Waals surface area contributed by atoms with Crippen LogP contribution in [0, 0.1) is 24.7 Å². The Morgan fingerprint density at radius 1 is 1.09 bits per heavy atom. The van der Waals surface area contributed by atoms with Crippen LogP contribution in [0.5, 0.6) is 5.75 Å². The van der Waals surface area contributed by atoms with E-state index < -0.39 is 0 Å². The predicted octanol–water partition coefficient (Wildman–Crippen LogP) is 7.09. The average molecular weight is 483 g/mol. The largest absolute Gasteiger partial charge is 0.491 e. The summed E-state index contributed by atoms with van der Waals surface area (Å²) in [5, 5.41) is 5.12. The van der Waals surface area contributed by atoms with Crippen LogP contribution in [0.25, 0.3) is 0 Å². The Hall–Kier alpha value is -2.30. The van der Waals surface area contributed by atoms with E-state index in [2.05, 4.69) is 70.5 Å². The Bertz CT molecular complexity index is 945. The Morgan fingerprint density at radius 2 is 1.77 bits per heavy atom. The standard InChI is InChI=1S/C30H46N2O3/c1-8-34-30(33)14-11-25-15-22(6)16-26(17-25)19-29-28(23(7)32(31-29)20(2)3)18-24-9-12-27(13-10-24)35-21(4)5/h9-10,12-13,20-22,25-26H,8,11,14-19H2,1-7H3/t22-,25+,26-/m0/s1. The van der Waals surface area contributed by atoms with E-state index in [0.29, 0.717) is 36.8 Å². The molecule has 0 N–H and O–H groups in total. The summed E-state index contributed by atoms with van der Waals surface area (Å²) in [7, 11) is 0. The molecule has 0 saturated heterocycles. The molecule has 0 unspecified atom stereocenters. The second kappa shape index (κ2) is 12.6. The topological polar surface area (TPSA) is 53.3 Å². The number of esters is 1. The highest BCUT2D eigenvalue weighted by Gasteiger charge is 2.29. The first kappa shape index (κ1) is 27.3.